The fourth-order valence-electron chi connectivity index (χ4n) is 4.89. The van der Waals surface area contributed by atoms with Crippen LogP contribution in [0.15, 0.2) is 41.3 Å². The normalized spacial score (nSPS) is 20.0. The van der Waals surface area contributed by atoms with E-state index in [9.17, 15) is 18.0 Å². The highest BCUT2D eigenvalue weighted by atomic mass is 32.2. The maximum Gasteiger partial charge on any atom is 0.243 e. The largest absolute Gasteiger partial charge is 0.454 e. The first kappa shape index (κ1) is 23.6. The third-order valence-electron chi connectivity index (χ3n) is 6.83. The van der Waals surface area contributed by atoms with Crippen molar-refractivity contribution in [2.24, 2.45) is 0 Å². The second-order valence-electron chi connectivity index (χ2n) is 9.20. The van der Waals surface area contributed by atoms with Crippen molar-refractivity contribution in [3.63, 3.8) is 0 Å². The number of nitrogens with zero attached hydrogens (tertiary/aromatic N) is 2. The molecule has 0 bridgehead atoms. The number of benzene rings is 2. The molecule has 0 aliphatic carbocycles. The zero-order chi connectivity index (χ0) is 24.6. The quantitative estimate of drug-likeness (QED) is 0.655. The summed E-state index contributed by atoms with van der Waals surface area (Å²) in [5.74, 6) is 0.854. The van der Waals surface area contributed by atoms with Crippen LogP contribution >= 0.6 is 0 Å². The topological polar surface area (TPSA) is 105 Å². The van der Waals surface area contributed by atoms with E-state index in [1.807, 2.05) is 19.1 Å². The van der Waals surface area contributed by atoms with Crippen LogP contribution in [0.25, 0.3) is 0 Å². The van der Waals surface area contributed by atoms with Crippen LogP contribution < -0.4 is 19.7 Å². The molecule has 1 fully saturated rings. The summed E-state index contributed by atoms with van der Waals surface area (Å²) in [5, 5.41) is 2.84. The lowest BCUT2D eigenvalue weighted by molar-refractivity contribution is -0.124. The predicted octanol–water partition coefficient (Wildman–Crippen LogP) is 2.57. The van der Waals surface area contributed by atoms with E-state index in [1.54, 1.807) is 28.6 Å². The minimum Gasteiger partial charge on any atom is -0.454 e. The smallest absolute Gasteiger partial charge is 0.243 e. The Morgan fingerprint density at radius 3 is 2.74 bits per heavy atom. The molecule has 1 saturated heterocycles. The first-order valence-corrected chi connectivity index (χ1v) is 13.4. The van der Waals surface area contributed by atoms with E-state index in [0.29, 0.717) is 30.2 Å². The standard InChI is InChI=1S/C25H29N3O6S/c1-17-4-2-3-11-28(17)35(31,32)20-7-8-21-19(13-20)6-10-25(30)27(21)15-24(29)26-14-18-5-9-22-23(12-18)34-16-33-22/h5,7-9,12-13,17H,2-4,6,10-11,14-16H2,1H3,(H,26,29)/t17-/m1/s1. The van der Waals surface area contributed by atoms with E-state index >= 15 is 0 Å². The number of anilines is 1. The van der Waals surface area contributed by atoms with Gasteiger partial charge in [-0.3, -0.25) is 9.59 Å². The zero-order valence-electron chi connectivity index (χ0n) is 19.7. The van der Waals surface area contributed by atoms with Gasteiger partial charge in [-0.05, 0) is 67.6 Å². The van der Waals surface area contributed by atoms with Crippen molar-refractivity contribution < 1.29 is 27.5 Å². The summed E-state index contributed by atoms with van der Waals surface area (Å²) in [6.07, 6.45) is 3.42. The van der Waals surface area contributed by atoms with Crippen molar-refractivity contribution in [1.82, 2.24) is 9.62 Å². The highest BCUT2D eigenvalue weighted by Gasteiger charge is 2.33. The SMILES string of the molecule is C[C@@H]1CCCCN1S(=O)(=O)c1ccc2c(c1)CCC(=O)N2CC(=O)NCc1ccc2c(c1)OCO2. The molecule has 0 radical (unpaired) electrons. The van der Waals surface area contributed by atoms with E-state index in [0.717, 1.165) is 30.4 Å². The van der Waals surface area contributed by atoms with Gasteiger partial charge < -0.3 is 19.7 Å². The Balaban J connectivity index is 1.29. The van der Waals surface area contributed by atoms with Crippen LogP contribution in [0, 0.1) is 0 Å². The number of carbonyl (C=O) groups excluding carboxylic acids is 2. The maximum atomic E-state index is 13.3. The molecule has 3 heterocycles. The molecule has 3 aliphatic heterocycles. The van der Waals surface area contributed by atoms with Crippen molar-refractivity contribution in [2.45, 2.75) is 56.5 Å². The zero-order valence-corrected chi connectivity index (χ0v) is 20.5. The fraction of sp³-hybridized carbons (Fsp3) is 0.440. The van der Waals surface area contributed by atoms with E-state index in [1.165, 1.54) is 4.90 Å². The van der Waals surface area contributed by atoms with E-state index < -0.39 is 10.0 Å². The molecule has 0 aromatic heterocycles. The van der Waals surface area contributed by atoms with Gasteiger partial charge >= 0.3 is 0 Å². The van der Waals surface area contributed by atoms with Crippen LogP contribution in [0.1, 0.15) is 43.7 Å². The van der Waals surface area contributed by atoms with Crippen LogP contribution in [0.3, 0.4) is 0 Å². The van der Waals surface area contributed by atoms with Gasteiger partial charge in [0.1, 0.15) is 6.54 Å². The highest BCUT2D eigenvalue weighted by Crippen LogP contribution is 2.33. The van der Waals surface area contributed by atoms with Gasteiger partial charge in [0.25, 0.3) is 0 Å². The maximum absolute atomic E-state index is 13.3. The average Bonchev–Trinajstić information content (AvgIpc) is 3.32. The summed E-state index contributed by atoms with van der Waals surface area (Å²) in [6, 6.07) is 10.3. The second-order valence-corrected chi connectivity index (χ2v) is 11.1. The molecule has 9 nitrogen and oxygen atoms in total. The number of aryl methyl sites for hydroxylation is 1. The van der Waals surface area contributed by atoms with Crippen molar-refractivity contribution >= 4 is 27.5 Å². The second kappa shape index (κ2) is 9.50. The lowest BCUT2D eigenvalue weighted by Crippen LogP contribution is -2.43. The van der Waals surface area contributed by atoms with Crippen LogP contribution in [0.5, 0.6) is 11.5 Å². The molecule has 0 spiro atoms. The van der Waals surface area contributed by atoms with Gasteiger partial charge in [0.2, 0.25) is 28.6 Å². The molecule has 35 heavy (non-hydrogen) atoms. The van der Waals surface area contributed by atoms with E-state index in [-0.39, 0.29) is 49.1 Å². The molecule has 2 amide bonds. The molecule has 0 saturated carbocycles. The number of amides is 2. The molecule has 186 valence electrons. The molecule has 1 atom stereocenters. The molecule has 0 unspecified atom stereocenters. The molecular weight excluding hydrogens is 470 g/mol. The predicted molar refractivity (Wildman–Crippen MR) is 129 cm³/mol. The third-order valence-corrected chi connectivity index (χ3v) is 8.84. The van der Waals surface area contributed by atoms with Gasteiger partial charge in [-0.15, -0.1) is 0 Å². The number of hydrogen-bond acceptors (Lipinski definition) is 6. The fourth-order valence-corrected chi connectivity index (χ4v) is 6.64. The minimum atomic E-state index is -3.61. The lowest BCUT2D eigenvalue weighted by atomic mass is 10.0. The lowest BCUT2D eigenvalue weighted by Gasteiger charge is -2.33. The van der Waals surface area contributed by atoms with Crippen molar-refractivity contribution in [3.8, 4) is 11.5 Å². The Hall–Kier alpha value is -3.11. The molecular formula is C25H29N3O6S. The van der Waals surface area contributed by atoms with Gasteiger partial charge in [-0.1, -0.05) is 12.5 Å². The molecule has 2 aromatic rings. The summed E-state index contributed by atoms with van der Waals surface area (Å²) >= 11 is 0. The Morgan fingerprint density at radius 2 is 1.91 bits per heavy atom. The summed E-state index contributed by atoms with van der Waals surface area (Å²) < 4.78 is 38.8. The van der Waals surface area contributed by atoms with Crippen LogP contribution in [-0.2, 0) is 32.6 Å². The molecule has 1 N–H and O–H groups in total. The number of fused-ring (bicyclic) bond motifs is 2. The van der Waals surface area contributed by atoms with Gasteiger partial charge in [-0.25, -0.2) is 8.42 Å². The number of sulfonamides is 1. The monoisotopic (exact) mass is 499 g/mol. The van der Waals surface area contributed by atoms with Crippen molar-refractivity contribution in [2.75, 3.05) is 24.8 Å². The van der Waals surface area contributed by atoms with Gasteiger partial charge in [0.15, 0.2) is 11.5 Å². The number of nitrogens with one attached hydrogen (secondary N) is 1. The average molecular weight is 500 g/mol. The first-order valence-electron chi connectivity index (χ1n) is 11.9. The molecule has 2 aromatic carbocycles. The Labute approximate surface area is 205 Å². The Bertz CT molecular complexity index is 1260. The van der Waals surface area contributed by atoms with E-state index in [4.69, 9.17) is 9.47 Å². The van der Waals surface area contributed by atoms with Crippen LogP contribution in [-0.4, -0.2) is 50.5 Å². The number of carbonyl (C=O) groups is 2. The Morgan fingerprint density at radius 1 is 1.09 bits per heavy atom. The van der Waals surface area contributed by atoms with E-state index in [2.05, 4.69) is 5.32 Å². The number of ether oxygens (including phenoxy) is 2. The van der Waals surface area contributed by atoms with Crippen molar-refractivity contribution in [3.05, 3.63) is 47.5 Å². The van der Waals surface area contributed by atoms with Gasteiger partial charge in [0.05, 0.1) is 4.90 Å². The summed E-state index contributed by atoms with van der Waals surface area (Å²) in [7, 11) is -3.61. The molecule has 10 heteroatoms. The Kier molecular flexibility index (Phi) is 6.41. The number of rotatable bonds is 6. The molecule has 3 aliphatic rings. The van der Waals surface area contributed by atoms with Crippen LogP contribution in [0.4, 0.5) is 5.69 Å². The van der Waals surface area contributed by atoms with Gasteiger partial charge in [0, 0.05) is 31.2 Å². The summed E-state index contributed by atoms with van der Waals surface area (Å²) in [6.45, 7) is 2.80. The number of hydrogen-bond donors (Lipinski definition) is 1. The summed E-state index contributed by atoms with van der Waals surface area (Å²) in [5.41, 5.74) is 2.21. The molecule has 5 rings (SSSR count). The van der Waals surface area contributed by atoms with Crippen LogP contribution in [0.2, 0.25) is 0 Å². The first-order chi connectivity index (χ1) is 16.8. The number of piperidine rings is 1. The van der Waals surface area contributed by atoms with Gasteiger partial charge in [-0.2, -0.15) is 4.31 Å². The summed E-state index contributed by atoms with van der Waals surface area (Å²) in [4.78, 5) is 27.0. The minimum absolute atomic E-state index is 0.0312. The van der Waals surface area contributed by atoms with Crippen molar-refractivity contribution in [1.29, 1.82) is 0 Å². The third kappa shape index (κ3) is 4.72. The highest BCUT2D eigenvalue weighted by molar-refractivity contribution is 7.89.